The Balaban J connectivity index is 2.83. The highest BCUT2D eigenvalue weighted by Crippen LogP contribution is 2.23. The first-order chi connectivity index (χ1) is 8.86. The molecule has 1 aromatic carbocycles. The largest absolute Gasteiger partial charge is 0.469 e. The van der Waals surface area contributed by atoms with E-state index in [0.717, 1.165) is 5.69 Å². The van der Waals surface area contributed by atoms with Gasteiger partial charge in [0, 0.05) is 12.2 Å². The van der Waals surface area contributed by atoms with Gasteiger partial charge in [-0.2, -0.15) is 0 Å². The van der Waals surface area contributed by atoms with E-state index in [-0.39, 0.29) is 17.8 Å². The number of aryl methyl sites for hydroxylation is 3. The van der Waals surface area contributed by atoms with Gasteiger partial charge in [0.15, 0.2) is 0 Å². The number of rotatable bonds is 5. The Hall–Kier alpha value is -1.51. The molecule has 0 heterocycles. The molecule has 19 heavy (non-hydrogen) atoms. The van der Waals surface area contributed by atoms with Crippen molar-refractivity contribution in [1.29, 1.82) is 0 Å². The fourth-order valence-electron chi connectivity index (χ4n) is 2.41. The number of anilines is 1. The first-order valence-electron chi connectivity index (χ1n) is 6.76. The Bertz CT molecular complexity index is 429. The summed E-state index contributed by atoms with van der Waals surface area (Å²) in [5.74, 6) is -0.0129. The van der Waals surface area contributed by atoms with Crippen LogP contribution in [-0.2, 0) is 9.53 Å². The van der Waals surface area contributed by atoms with Crippen molar-refractivity contribution in [3.8, 4) is 0 Å². The zero-order chi connectivity index (χ0) is 14.6. The minimum atomic E-state index is -0.148. The molecule has 1 aromatic rings. The number of hydrogen-bond donors (Lipinski definition) is 1. The average Bonchev–Trinajstić information content (AvgIpc) is 2.31. The Labute approximate surface area is 116 Å². The molecule has 0 aliphatic rings. The maximum absolute atomic E-state index is 11.7. The molecular weight excluding hydrogens is 238 g/mol. The van der Waals surface area contributed by atoms with E-state index < -0.39 is 0 Å². The van der Waals surface area contributed by atoms with Crippen LogP contribution in [0, 0.1) is 32.6 Å². The molecule has 0 bridgehead atoms. The van der Waals surface area contributed by atoms with Crippen LogP contribution >= 0.6 is 0 Å². The molecule has 3 nitrogen and oxygen atoms in total. The van der Waals surface area contributed by atoms with E-state index in [1.165, 1.54) is 23.8 Å². The summed E-state index contributed by atoms with van der Waals surface area (Å²) in [6.45, 7) is 11.0. The smallest absolute Gasteiger partial charge is 0.310 e. The molecule has 3 heteroatoms. The zero-order valence-electron chi connectivity index (χ0n) is 12.8. The summed E-state index contributed by atoms with van der Waals surface area (Å²) in [5, 5.41) is 3.40. The third kappa shape index (κ3) is 3.98. The Morgan fingerprint density at radius 3 is 2.16 bits per heavy atom. The van der Waals surface area contributed by atoms with E-state index in [4.69, 9.17) is 4.74 Å². The average molecular weight is 263 g/mol. The van der Waals surface area contributed by atoms with Crippen LogP contribution in [0.3, 0.4) is 0 Å². The SMILES string of the molecule is COC(=O)C(CNc1c(C)cc(C)cc1C)C(C)C. The quantitative estimate of drug-likeness (QED) is 0.827. The molecule has 1 rings (SSSR count). The number of ether oxygens (including phenoxy) is 1. The normalized spacial score (nSPS) is 12.4. The molecule has 1 N–H and O–H groups in total. The van der Waals surface area contributed by atoms with Crippen molar-refractivity contribution in [3.05, 3.63) is 28.8 Å². The summed E-state index contributed by atoms with van der Waals surface area (Å²) < 4.78 is 4.86. The fraction of sp³-hybridized carbons (Fsp3) is 0.562. The van der Waals surface area contributed by atoms with E-state index in [0.29, 0.717) is 6.54 Å². The highest BCUT2D eigenvalue weighted by molar-refractivity contribution is 5.73. The Morgan fingerprint density at radius 1 is 1.21 bits per heavy atom. The predicted octanol–water partition coefficient (Wildman–Crippen LogP) is 3.47. The minimum Gasteiger partial charge on any atom is -0.469 e. The van der Waals surface area contributed by atoms with E-state index in [2.05, 4.69) is 38.2 Å². The monoisotopic (exact) mass is 263 g/mol. The van der Waals surface area contributed by atoms with Gasteiger partial charge in [0.25, 0.3) is 0 Å². The van der Waals surface area contributed by atoms with Crippen molar-refractivity contribution in [2.24, 2.45) is 11.8 Å². The molecule has 0 aliphatic heterocycles. The van der Waals surface area contributed by atoms with Gasteiger partial charge in [0.2, 0.25) is 0 Å². The molecule has 0 fully saturated rings. The number of nitrogens with one attached hydrogen (secondary N) is 1. The second kappa shape index (κ2) is 6.60. The van der Waals surface area contributed by atoms with Crippen molar-refractivity contribution in [3.63, 3.8) is 0 Å². The summed E-state index contributed by atoms with van der Waals surface area (Å²) in [5.41, 5.74) is 4.81. The van der Waals surface area contributed by atoms with Gasteiger partial charge in [0.1, 0.15) is 0 Å². The predicted molar refractivity (Wildman–Crippen MR) is 79.5 cm³/mol. The van der Waals surface area contributed by atoms with Gasteiger partial charge in [-0.1, -0.05) is 31.5 Å². The van der Waals surface area contributed by atoms with Crippen molar-refractivity contribution in [1.82, 2.24) is 0 Å². The van der Waals surface area contributed by atoms with E-state index in [1.54, 1.807) is 0 Å². The lowest BCUT2D eigenvalue weighted by Gasteiger charge is -2.21. The molecule has 0 spiro atoms. The van der Waals surface area contributed by atoms with Crippen LogP contribution in [0.25, 0.3) is 0 Å². The molecule has 0 saturated heterocycles. The molecule has 1 atom stereocenters. The van der Waals surface area contributed by atoms with Crippen molar-refractivity contribution in [2.45, 2.75) is 34.6 Å². The molecule has 0 amide bonds. The summed E-state index contributed by atoms with van der Waals surface area (Å²) in [7, 11) is 1.44. The lowest BCUT2D eigenvalue weighted by Crippen LogP contribution is -2.29. The van der Waals surface area contributed by atoms with Crippen LogP contribution in [0.5, 0.6) is 0 Å². The zero-order valence-corrected chi connectivity index (χ0v) is 12.8. The third-order valence-electron chi connectivity index (χ3n) is 3.48. The van der Waals surface area contributed by atoms with Gasteiger partial charge in [-0.05, 0) is 37.8 Å². The van der Waals surface area contributed by atoms with Crippen molar-refractivity contribution >= 4 is 11.7 Å². The van der Waals surface area contributed by atoms with Crippen LogP contribution in [0.1, 0.15) is 30.5 Å². The summed E-state index contributed by atoms with van der Waals surface area (Å²) in [6.07, 6.45) is 0. The van der Waals surface area contributed by atoms with Gasteiger partial charge in [-0.25, -0.2) is 0 Å². The van der Waals surface area contributed by atoms with Crippen LogP contribution in [0.15, 0.2) is 12.1 Å². The minimum absolute atomic E-state index is 0.120. The van der Waals surface area contributed by atoms with Gasteiger partial charge < -0.3 is 10.1 Å². The Morgan fingerprint density at radius 2 is 1.74 bits per heavy atom. The van der Waals surface area contributed by atoms with Crippen LogP contribution in [0.4, 0.5) is 5.69 Å². The van der Waals surface area contributed by atoms with E-state index in [1.807, 2.05) is 13.8 Å². The fourth-order valence-corrected chi connectivity index (χ4v) is 2.41. The maximum atomic E-state index is 11.7. The maximum Gasteiger partial charge on any atom is 0.310 e. The summed E-state index contributed by atoms with van der Waals surface area (Å²) in [6, 6.07) is 4.30. The molecule has 0 aromatic heterocycles. The number of carbonyl (C=O) groups is 1. The van der Waals surface area contributed by atoms with Crippen LogP contribution < -0.4 is 5.32 Å². The van der Waals surface area contributed by atoms with Gasteiger partial charge >= 0.3 is 5.97 Å². The summed E-state index contributed by atoms with van der Waals surface area (Å²) >= 11 is 0. The molecule has 0 radical (unpaired) electrons. The highest BCUT2D eigenvalue weighted by atomic mass is 16.5. The van der Waals surface area contributed by atoms with Gasteiger partial charge in [0.05, 0.1) is 13.0 Å². The van der Waals surface area contributed by atoms with Crippen LogP contribution in [0.2, 0.25) is 0 Å². The highest BCUT2D eigenvalue weighted by Gasteiger charge is 2.23. The molecule has 1 unspecified atom stereocenters. The first kappa shape index (κ1) is 15.5. The third-order valence-corrected chi connectivity index (χ3v) is 3.48. The van der Waals surface area contributed by atoms with Crippen molar-refractivity contribution < 1.29 is 9.53 Å². The molecular formula is C16H25NO2. The van der Waals surface area contributed by atoms with Crippen LogP contribution in [-0.4, -0.2) is 19.6 Å². The number of hydrogen-bond acceptors (Lipinski definition) is 3. The topological polar surface area (TPSA) is 38.3 Å². The lowest BCUT2D eigenvalue weighted by atomic mass is 9.95. The van der Waals surface area contributed by atoms with E-state index >= 15 is 0 Å². The summed E-state index contributed by atoms with van der Waals surface area (Å²) in [4.78, 5) is 11.7. The molecule has 106 valence electrons. The molecule has 0 aliphatic carbocycles. The van der Waals surface area contributed by atoms with E-state index in [9.17, 15) is 4.79 Å². The molecule has 0 saturated carbocycles. The second-order valence-electron chi connectivity index (χ2n) is 5.53. The van der Waals surface area contributed by atoms with Gasteiger partial charge in [-0.3, -0.25) is 4.79 Å². The number of esters is 1. The van der Waals surface area contributed by atoms with Gasteiger partial charge in [-0.15, -0.1) is 0 Å². The standard InChI is InChI=1S/C16H25NO2/c1-10(2)14(16(18)19-6)9-17-15-12(4)7-11(3)8-13(15)5/h7-8,10,14,17H,9H2,1-6H3. The second-order valence-corrected chi connectivity index (χ2v) is 5.53. The Kier molecular flexibility index (Phi) is 5.40. The number of carbonyl (C=O) groups excluding carboxylic acids is 1. The first-order valence-corrected chi connectivity index (χ1v) is 6.76. The number of benzene rings is 1. The lowest BCUT2D eigenvalue weighted by molar-refractivity contribution is -0.146. The number of methoxy groups -OCH3 is 1. The van der Waals surface area contributed by atoms with Crippen molar-refractivity contribution in [2.75, 3.05) is 19.0 Å².